The van der Waals surface area contributed by atoms with E-state index in [9.17, 15) is 19.5 Å². The summed E-state index contributed by atoms with van der Waals surface area (Å²) in [6.07, 6.45) is 5.10. The summed E-state index contributed by atoms with van der Waals surface area (Å²) in [5.74, 6) is -1.59. The number of allylic oxidation sites excluding steroid dienone is 1. The minimum atomic E-state index is -0.917. The standard InChI is InChI=1S/C29H30N4O4/c1-3-9-20-13-14-24-25-21(16-32(24)28(20)36)22(17-34)26(33(25)29(37)23-12-7-8-15-30-23)27(35)31-18(2)19-10-5-4-6-11-19/h3-15,18,21-22,25-26,34H,16-17H2,1-2H3,(H,31,35)/b9-3+/t18-,21+,22+,25-,26+/m0/s1. The zero-order chi connectivity index (χ0) is 26.1. The highest BCUT2D eigenvalue weighted by Crippen LogP contribution is 2.49. The number of aliphatic hydroxyl groups excluding tert-OH is 1. The van der Waals surface area contributed by atoms with Gasteiger partial charge in [-0.3, -0.25) is 19.4 Å². The molecule has 0 aliphatic carbocycles. The predicted molar refractivity (Wildman–Crippen MR) is 139 cm³/mol. The highest BCUT2D eigenvalue weighted by Gasteiger charge is 2.57. The Labute approximate surface area is 215 Å². The fourth-order valence-electron chi connectivity index (χ4n) is 5.78. The van der Waals surface area contributed by atoms with E-state index >= 15 is 0 Å². The zero-order valence-electron chi connectivity index (χ0n) is 20.8. The molecule has 1 fully saturated rings. The fraction of sp³-hybridized carbons (Fsp3) is 0.310. The predicted octanol–water partition coefficient (Wildman–Crippen LogP) is 2.96. The molecule has 0 unspecified atom stereocenters. The van der Waals surface area contributed by atoms with Crippen molar-refractivity contribution in [2.45, 2.75) is 38.5 Å². The van der Waals surface area contributed by atoms with Gasteiger partial charge in [0.2, 0.25) is 5.91 Å². The summed E-state index contributed by atoms with van der Waals surface area (Å²) < 4.78 is 1.67. The lowest BCUT2D eigenvalue weighted by Crippen LogP contribution is -2.51. The molecule has 5 rings (SSSR count). The van der Waals surface area contributed by atoms with E-state index in [1.54, 1.807) is 41.0 Å². The molecule has 2 aromatic heterocycles. The summed E-state index contributed by atoms with van der Waals surface area (Å²) >= 11 is 0. The number of aromatic nitrogens is 2. The van der Waals surface area contributed by atoms with Crippen LogP contribution in [0.25, 0.3) is 6.08 Å². The third kappa shape index (κ3) is 4.27. The van der Waals surface area contributed by atoms with Gasteiger partial charge >= 0.3 is 0 Å². The number of aliphatic hydroxyl groups is 1. The molecule has 2 N–H and O–H groups in total. The van der Waals surface area contributed by atoms with Crippen LogP contribution in [0.4, 0.5) is 0 Å². The number of nitrogens with zero attached hydrogens (tertiary/aromatic N) is 3. The van der Waals surface area contributed by atoms with Crippen molar-refractivity contribution in [1.29, 1.82) is 0 Å². The van der Waals surface area contributed by atoms with Crippen LogP contribution >= 0.6 is 0 Å². The molecule has 2 aliphatic heterocycles. The number of carbonyl (C=O) groups excluding carboxylic acids is 2. The van der Waals surface area contributed by atoms with Gasteiger partial charge in [-0.1, -0.05) is 48.6 Å². The van der Waals surface area contributed by atoms with Crippen LogP contribution in [0.5, 0.6) is 0 Å². The number of hydrogen-bond donors (Lipinski definition) is 2. The molecule has 1 aromatic carbocycles. The van der Waals surface area contributed by atoms with Gasteiger partial charge in [0, 0.05) is 42.4 Å². The molecule has 2 amide bonds. The van der Waals surface area contributed by atoms with Crippen LogP contribution in [0.15, 0.2) is 77.7 Å². The summed E-state index contributed by atoms with van der Waals surface area (Å²) in [5.41, 5.74) is 2.22. The van der Waals surface area contributed by atoms with Crippen LogP contribution in [0.1, 0.15) is 53.2 Å². The molecule has 8 heteroatoms. The molecule has 37 heavy (non-hydrogen) atoms. The molecule has 190 valence electrons. The summed E-state index contributed by atoms with van der Waals surface area (Å²) in [6, 6.07) is 16.5. The Balaban J connectivity index is 1.57. The van der Waals surface area contributed by atoms with E-state index < -0.39 is 23.9 Å². The quantitative estimate of drug-likeness (QED) is 0.544. The van der Waals surface area contributed by atoms with Crippen molar-refractivity contribution in [2.75, 3.05) is 6.61 Å². The molecule has 4 heterocycles. The number of rotatable bonds is 6. The Morgan fingerprint density at radius 2 is 1.89 bits per heavy atom. The number of fused-ring (bicyclic) bond motifs is 3. The van der Waals surface area contributed by atoms with Gasteiger partial charge in [0.25, 0.3) is 11.5 Å². The van der Waals surface area contributed by atoms with Gasteiger partial charge in [-0.2, -0.15) is 0 Å². The summed E-state index contributed by atoms with van der Waals surface area (Å²) in [6.45, 7) is 3.76. The third-order valence-corrected chi connectivity index (χ3v) is 7.50. The van der Waals surface area contributed by atoms with E-state index in [0.717, 1.165) is 5.56 Å². The molecule has 0 bridgehead atoms. The number of carbonyl (C=O) groups is 2. The van der Waals surface area contributed by atoms with Gasteiger partial charge in [0.1, 0.15) is 11.7 Å². The largest absolute Gasteiger partial charge is 0.396 e. The van der Waals surface area contributed by atoms with Crippen molar-refractivity contribution < 1.29 is 14.7 Å². The normalized spacial score (nSPS) is 23.1. The molecule has 5 atom stereocenters. The van der Waals surface area contributed by atoms with Crippen molar-refractivity contribution in [3.63, 3.8) is 0 Å². The number of hydrogen-bond acceptors (Lipinski definition) is 5. The maximum absolute atomic E-state index is 13.9. The lowest BCUT2D eigenvalue weighted by Gasteiger charge is -2.31. The van der Waals surface area contributed by atoms with Gasteiger partial charge in [-0.15, -0.1) is 0 Å². The van der Waals surface area contributed by atoms with Crippen LogP contribution in [-0.4, -0.2) is 44.0 Å². The van der Waals surface area contributed by atoms with Crippen molar-refractivity contribution in [3.05, 3.63) is 106 Å². The van der Waals surface area contributed by atoms with E-state index in [4.69, 9.17) is 0 Å². The van der Waals surface area contributed by atoms with Crippen molar-refractivity contribution in [2.24, 2.45) is 11.8 Å². The van der Waals surface area contributed by atoms with Gasteiger partial charge in [0.15, 0.2) is 0 Å². The second-order valence-corrected chi connectivity index (χ2v) is 9.60. The lowest BCUT2D eigenvalue weighted by molar-refractivity contribution is -0.127. The van der Waals surface area contributed by atoms with Gasteiger partial charge in [-0.25, -0.2) is 0 Å². The summed E-state index contributed by atoms with van der Waals surface area (Å²) in [4.78, 5) is 46.6. The van der Waals surface area contributed by atoms with Gasteiger partial charge < -0.3 is 19.9 Å². The molecule has 3 aromatic rings. The van der Waals surface area contributed by atoms with E-state index in [1.165, 1.54) is 11.1 Å². The Kier molecular flexibility index (Phi) is 6.76. The van der Waals surface area contributed by atoms with E-state index in [1.807, 2.05) is 50.2 Å². The minimum Gasteiger partial charge on any atom is -0.396 e. The Bertz CT molecular complexity index is 1390. The number of amides is 2. The summed E-state index contributed by atoms with van der Waals surface area (Å²) in [5, 5.41) is 13.6. The Hall–Kier alpha value is -4.04. The molecule has 2 aliphatic rings. The SMILES string of the molecule is C/C=C/c1ccc2n(c1=O)C[C@@H]1[C@@H](CO)[C@H](C(=O)N[C@@H](C)c3ccccc3)N(C(=O)c3ccccn3)[C@H]21. The van der Waals surface area contributed by atoms with Crippen LogP contribution < -0.4 is 10.9 Å². The van der Waals surface area contributed by atoms with Crippen LogP contribution in [0.3, 0.4) is 0 Å². The Morgan fingerprint density at radius 1 is 1.14 bits per heavy atom. The Morgan fingerprint density at radius 3 is 2.57 bits per heavy atom. The number of likely N-dealkylation sites (tertiary alicyclic amines) is 1. The lowest BCUT2D eigenvalue weighted by atomic mass is 9.88. The fourth-order valence-corrected chi connectivity index (χ4v) is 5.78. The molecule has 8 nitrogen and oxygen atoms in total. The maximum Gasteiger partial charge on any atom is 0.273 e. The maximum atomic E-state index is 13.9. The second kappa shape index (κ2) is 10.1. The second-order valence-electron chi connectivity index (χ2n) is 9.60. The summed E-state index contributed by atoms with van der Waals surface area (Å²) in [7, 11) is 0. The smallest absolute Gasteiger partial charge is 0.273 e. The molecule has 0 spiro atoms. The molecule has 0 radical (unpaired) electrons. The van der Waals surface area contributed by atoms with Crippen molar-refractivity contribution >= 4 is 17.9 Å². The van der Waals surface area contributed by atoms with Crippen molar-refractivity contribution in [3.8, 4) is 0 Å². The molecular formula is C29H30N4O4. The zero-order valence-corrected chi connectivity index (χ0v) is 20.8. The third-order valence-electron chi connectivity index (χ3n) is 7.50. The average Bonchev–Trinajstić information content (AvgIpc) is 3.46. The number of nitrogens with one attached hydrogen (secondary N) is 1. The highest BCUT2D eigenvalue weighted by atomic mass is 16.3. The van der Waals surface area contributed by atoms with E-state index in [2.05, 4.69) is 10.3 Å². The number of benzene rings is 1. The average molecular weight is 499 g/mol. The number of pyridine rings is 2. The first-order valence-corrected chi connectivity index (χ1v) is 12.5. The van der Waals surface area contributed by atoms with E-state index in [-0.39, 0.29) is 35.7 Å². The monoisotopic (exact) mass is 498 g/mol. The van der Waals surface area contributed by atoms with Gasteiger partial charge in [0.05, 0.1) is 12.1 Å². The van der Waals surface area contributed by atoms with Crippen LogP contribution in [-0.2, 0) is 11.3 Å². The van der Waals surface area contributed by atoms with Crippen molar-refractivity contribution in [1.82, 2.24) is 19.8 Å². The molecular weight excluding hydrogens is 468 g/mol. The molecule has 1 saturated heterocycles. The van der Waals surface area contributed by atoms with Crippen LogP contribution in [0, 0.1) is 11.8 Å². The topological polar surface area (TPSA) is 105 Å². The highest BCUT2D eigenvalue weighted by molar-refractivity contribution is 5.97. The minimum absolute atomic E-state index is 0.148. The van der Waals surface area contributed by atoms with E-state index in [0.29, 0.717) is 17.8 Å². The molecule has 0 saturated carbocycles. The van der Waals surface area contributed by atoms with Crippen LogP contribution in [0.2, 0.25) is 0 Å². The first kappa shape index (κ1) is 24.6. The van der Waals surface area contributed by atoms with Gasteiger partial charge in [-0.05, 0) is 43.7 Å². The first-order chi connectivity index (χ1) is 18.0. The first-order valence-electron chi connectivity index (χ1n) is 12.5.